The lowest BCUT2D eigenvalue weighted by Crippen LogP contribution is -2.29. The summed E-state index contributed by atoms with van der Waals surface area (Å²) >= 11 is 0. The number of carboxylic acids is 1. The number of carbonyl (C=O) groups excluding carboxylic acids is 1. The molecule has 1 fully saturated rings. The van der Waals surface area contributed by atoms with Gasteiger partial charge in [0, 0.05) is 47.9 Å². The molecule has 1 N–H and O–H groups in total. The number of rotatable bonds is 5. The average molecular weight is 538 g/mol. The van der Waals surface area contributed by atoms with E-state index in [9.17, 15) is 14.7 Å². The quantitative estimate of drug-likeness (QED) is 0.462. The van der Waals surface area contributed by atoms with E-state index < -0.39 is 23.5 Å². The fourth-order valence-corrected chi connectivity index (χ4v) is 5.86. The first kappa shape index (κ1) is 27.1. The zero-order valence-corrected chi connectivity index (χ0v) is 23.5. The SMILES string of the molecule is Cc1nc2c(cc(C(=O)N3CCCC3)n2C)c(-c2cc(F)c3c(c2C)CCCO3)c1[C@H](OC(C)(C)C)C(=O)O. The van der Waals surface area contributed by atoms with E-state index in [4.69, 9.17) is 14.5 Å². The Balaban J connectivity index is 1.85. The second-order valence-corrected chi connectivity index (χ2v) is 11.6. The van der Waals surface area contributed by atoms with Gasteiger partial charge in [-0.2, -0.15) is 0 Å². The first-order valence-electron chi connectivity index (χ1n) is 13.5. The van der Waals surface area contributed by atoms with Gasteiger partial charge in [-0.1, -0.05) is 0 Å². The van der Waals surface area contributed by atoms with Gasteiger partial charge in [0.2, 0.25) is 0 Å². The van der Waals surface area contributed by atoms with Crippen molar-refractivity contribution >= 4 is 22.9 Å². The minimum Gasteiger partial charge on any atom is -0.490 e. The molecule has 208 valence electrons. The van der Waals surface area contributed by atoms with Crippen molar-refractivity contribution in [2.45, 2.75) is 72.0 Å². The van der Waals surface area contributed by atoms with Crippen molar-refractivity contribution in [1.82, 2.24) is 14.5 Å². The average Bonchev–Trinajstić information content (AvgIpc) is 3.52. The van der Waals surface area contributed by atoms with Crippen molar-refractivity contribution < 1.29 is 28.6 Å². The van der Waals surface area contributed by atoms with Gasteiger partial charge < -0.3 is 24.0 Å². The third-order valence-electron chi connectivity index (χ3n) is 7.68. The van der Waals surface area contributed by atoms with Gasteiger partial charge in [-0.3, -0.25) is 4.79 Å². The molecule has 1 aromatic carbocycles. The molecule has 0 saturated carbocycles. The van der Waals surface area contributed by atoms with Crippen LogP contribution in [0.5, 0.6) is 5.75 Å². The van der Waals surface area contributed by atoms with E-state index in [0.29, 0.717) is 65.2 Å². The second kappa shape index (κ2) is 9.93. The van der Waals surface area contributed by atoms with Crippen LogP contribution in [0.1, 0.15) is 79.0 Å². The Morgan fingerprint density at radius 2 is 1.85 bits per heavy atom. The number of pyridine rings is 1. The summed E-state index contributed by atoms with van der Waals surface area (Å²) in [5.41, 5.74) is 3.68. The van der Waals surface area contributed by atoms with Gasteiger partial charge in [-0.05, 0) is 83.6 Å². The van der Waals surface area contributed by atoms with Crippen LogP contribution in [0.15, 0.2) is 12.1 Å². The molecular formula is C30H36FN3O5. The summed E-state index contributed by atoms with van der Waals surface area (Å²) in [5.74, 6) is -1.50. The molecule has 9 heteroatoms. The molecule has 0 radical (unpaired) electrons. The lowest BCUT2D eigenvalue weighted by molar-refractivity contribution is -0.160. The monoisotopic (exact) mass is 537 g/mol. The van der Waals surface area contributed by atoms with Crippen LogP contribution in [0.2, 0.25) is 0 Å². The molecule has 0 spiro atoms. The summed E-state index contributed by atoms with van der Waals surface area (Å²) in [6, 6.07) is 3.19. The number of carbonyl (C=O) groups is 2. The Morgan fingerprint density at radius 3 is 2.49 bits per heavy atom. The van der Waals surface area contributed by atoms with Crippen LogP contribution in [0.3, 0.4) is 0 Å². The van der Waals surface area contributed by atoms with E-state index in [2.05, 4.69) is 0 Å². The number of hydrogen-bond donors (Lipinski definition) is 1. The summed E-state index contributed by atoms with van der Waals surface area (Å²) in [6.07, 6.45) is 1.98. The number of aromatic nitrogens is 2. The van der Waals surface area contributed by atoms with Crippen molar-refractivity contribution in [3.63, 3.8) is 0 Å². The molecule has 5 rings (SSSR count). The number of benzene rings is 1. The first-order chi connectivity index (χ1) is 18.4. The van der Waals surface area contributed by atoms with Gasteiger partial charge in [0.1, 0.15) is 11.3 Å². The van der Waals surface area contributed by atoms with Crippen LogP contribution in [0, 0.1) is 19.7 Å². The van der Waals surface area contributed by atoms with Crippen molar-refractivity contribution in [1.29, 1.82) is 0 Å². The molecule has 0 unspecified atom stereocenters. The zero-order valence-electron chi connectivity index (χ0n) is 23.5. The summed E-state index contributed by atoms with van der Waals surface area (Å²) < 4.78 is 29.0. The largest absolute Gasteiger partial charge is 0.490 e. The zero-order chi connectivity index (χ0) is 28.2. The number of fused-ring (bicyclic) bond motifs is 2. The smallest absolute Gasteiger partial charge is 0.337 e. The summed E-state index contributed by atoms with van der Waals surface area (Å²) in [4.78, 5) is 32.8. The summed E-state index contributed by atoms with van der Waals surface area (Å²) in [6.45, 7) is 10.9. The van der Waals surface area contributed by atoms with Crippen LogP contribution in [0.4, 0.5) is 4.39 Å². The Labute approximate surface area is 227 Å². The van der Waals surface area contributed by atoms with E-state index in [1.54, 1.807) is 45.4 Å². The number of aryl methyl sites for hydroxylation is 2. The fraction of sp³-hybridized carbons (Fsp3) is 0.500. The third kappa shape index (κ3) is 4.77. The lowest BCUT2D eigenvalue weighted by atomic mass is 9.86. The maximum Gasteiger partial charge on any atom is 0.337 e. The predicted molar refractivity (Wildman–Crippen MR) is 146 cm³/mol. The van der Waals surface area contributed by atoms with Gasteiger partial charge in [0.15, 0.2) is 17.7 Å². The Bertz CT molecular complexity index is 1480. The molecular weight excluding hydrogens is 501 g/mol. The second-order valence-electron chi connectivity index (χ2n) is 11.6. The number of halogens is 1. The molecule has 1 atom stereocenters. The van der Waals surface area contributed by atoms with E-state index in [-0.39, 0.29) is 11.7 Å². The molecule has 39 heavy (non-hydrogen) atoms. The van der Waals surface area contributed by atoms with Crippen molar-refractivity contribution in [3.05, 3.63) is 46.0 Å². The van der Waals surface area contributed by atoms with Crippen molar-refractivity contribution in [2.24, 2.45) is 7.05 Å². The van der Waals surface area contributed by atoms with E-state index in [1.165, 1.54) is 6.07 Å². The van der Waals surface area contributed by atoms with Crippen LogP contribution in [0.25, 0.3) is 22.2 Å². The predicted octanol–water partition coefficient (Wildman–Crippen LogP) is 5.50. The maximum absolute atomic E-state index is 15.5. The van der Waals surface area contributed by atoms with Gasteiger partial charge in [-0.25, -0.2) is 14.2 Å². The summed E-state index contributed by atoms with van der Waals surface area (Å²) in [7, 11) is 1.79. The number of nitrogens with zero attached hydrogens (tertiary/aromatic N) is 3. The topological polar surface area (TPSA) is 93.9 Å². The van der Waals surface area contributed by atoms with Gasteiger partial charge in [0.05, 0.1) is 12.2 Å². The molecule has 0 bridgehead atoms. The molecule has 1 saturated heterocycles. The molecule has 1 amide bonds. The Hall–Kier alpha value is -3.46. The number of likely N-dealkylation sites (tertiary alicyclic amines) is 1. The normalized spacial score (nSPS) is 16.3. The number of aliphatic carboxylic acids is 1. The highest BCUT2D eigenvalue weighted by Gasteiger charge is 2.35. The van der Waals surface area contributed by atoms with Gasteiger partial charge in [-0.15, -0.1) is 0 Å². The van der Waals surface area contributed by atoms with Gasteiger partial charge >= 0.3 is 5.97 Å². The van der Waals surface area contributed by atoms with Crippen LogP contribution in [-0.4, -0.2) is 56.7 Å². The standard InChI is InChI=1S/C30H36FN3O5/c1-16-18-10-9-13-38-25(18)21(31)14-19(16)24-20-15-22(28(35)34-11-7-8-12-34)33(6)27(20)32-17(2)23(24)26(29(36)37)39-30(3,4)5/h14-15,26H,7-13H2,1-6H3,(H,36,37)/t26-/m0/s1. The van der Waals surface area contributed by atoms with Gasteiger partial charge in [0.25, 0.3) is 5.91 Å². The molecule has 3 aromatic rings. The third-order valence-corrected chi connectivity index (χ3v) is 7.68. The molecule has 2 aliphatic rings. The van der Waals surface area contributed by atoms with Crippen LogP contribution >= 0.6 is 0 Å². The molecule has 2 aliphatic heterocycles. The fourth-order valence-electron chi connectivity index (χ4n) is 5.86. The van der Waals surface area contributed by atoms with E-state index >= 15 is 4.39 Å². The molecule has 4 heterocycles. The Kier molecular flexibility index (Phi) is 6.91. The minimum atomic E-state index is -1.36. The summed E-state index contributed by atoms with van der Waals surface area (Å²) in [5, 5.41) is 10.9. The number of ether oxygens (including phenoxy) is 2. The molecule has 0 aliphatic carbocycles. The minimum absolute atomic E-state index is 0.0966. The highest BCUT2D eigenvalue weighted by atomic mass is 19.1. The molecule has 8 nitrogen and oxygen atoms in total. The van der Waals surface area contributed by atoms with E-state index in [0.717, 1.165) is 30.4 Å². The number of carboxylic acid groups (broad SMARTS) is 1. The van der Waals surface area contributed by atoms with Crippen LogP contribution in [-0.2, 0) is 23.0 Å². The number of hydrogen-bond acceptors (Lipinski definition) is 5. The number of amides is 1. The maximum atomic E-state index is 15.5. The first-order valence-corrected chi connectivity index (χ1v) is 13.5. The molecule has 2 aromatic heterocycles. The van der Waals surface area contributed by atoms with Crippen LogP contribution < -0.4 is 4.74 Å². The highest BCUT2D eigenvalue weighted by molar-refractivity contribution is 6.04. The highest BCUT2D eigenvalue weighted by Crippen LogP contribution is 2.45. The van der Waals surface area contributed by atoms with Crippen molar-refractivity contribution in [2.75, 3.05) is 19.7 Å². The Morgan fingerprint density at radius 1 is 1.15 bits per heavy atom. The van der Waals surface area contributed by atoms with E-state index in [1.807, 2.05) is 11.8 Å². The lowest BCUT2D eigenvalue weighted by Gasteiger charge is -2.29. The van der Waals surface area contributed by atoms with Crippen molar-refractivity contribution in [3.8, 4) is 16.9 Å².